The third-order valence-electron chi connectivity index (χ3n) is 4.13. The van der Waals surface area contributed by atoms with E-state index in [1.165, 1.54) is 24.0 Å². The fraction of sp³-hybridized carbons (Fsp3) is 0.571. The van der Waals surface area contributed by atoms with Crippen LogP contribution in [0.3, 0.4) is 0 Å². The van der Waals surface area contributed by atoms with Crippen LogP contribution in [-0.2, 0) is 17.6 Å². The van der Waals surface area contributed by atoms with Crippen molar-refractivity contribution in [3.05, 3.63) is 35.4 Å². The summed E-state index contributed by atoms with van der Waals surface area (Å²) in [4.78, 5) is 0. The van der Waals surface area contributed by atoms with Crippen molar-refractivity contribution in [1.29, 1.82) is 0 Å². The van der Waals surface area contributed by atoms with Crippen LogP contribution in [0.1, 0.15) is 24.0 Å². The van der Waals surface area contributed by atoms with E-state index in [9.17, 15) is 0 Å². The lowest BCUT2D eigenvalue weighted by Gasteiger charge is -2.36. The lowest BCUT2D eigenvalue weighted by Crippen LogP contribution is -2.51. The Morgan fingerprint density at radius 3 is 2.44 bits per heavy atom. The number of fused-ring (bicyclic) bond motifs is 1. The van der Waals surface area contributed by atoms with E-state index in [2.05, 4.69) is 24.3 Å². The molecule has 0 saturated carbocycles. The second kappa shape index (κ2) is 3.86. The molecule has 1 atom stereocenters. The van der Waals surface area contributed by atoms with Crippen molar-refractivity contribution >= 4 is 0 Å². The molecule has 0 aromatic heterocycles. The summed E-state index contributed by atoms with van der Waals surface area (Å²) in [5.74, 6) is 0.536. The summed E-state index contributed by atoms with van der Waals surface area (Å²) in [5, 5.41) is 0. The van der Waals surface area contributed by atoms with Gasteiger partial charge >= 0.3 is 0 Å². The minimum atomic E-state index is -0.0515. The van der Waals surface area contributed by atoms with E-state index in [0.29, 0.717) is 5.92 Å². The van der Waals surface area contributed by atoms with Crippen LogP contribution in [0.5, 0.6) is 0 Å². The lowest BCUT2D eigenvalue weighted by atomic mass is 9.79. The summed E-state index contributed by atoms with van der Waals surface area (Å²) >= 11 is 0. The fourth-order valence-corrected chi connectivity index (χ4v) is 3.16. The maximum atomic E-state index is 6.60. The van der Waals surface area contributed by atoms with E-state index in [-0.39, 0.29) is 5.54 Å². The number of ether oxygens (including phenoxy) is 1. The van der Waals surface area contributed by atoms with Crippen LogP contribution in [0.4, 0.5) is 0 Å². The molecule has 0 radical (unpaired) electrons. The fourth-order valence-electron chi connectivity index (χ4n) is 3.16. The first-order valence-electron chi connectivity index (χ1n) is 6.21. The highest BCUT2D eigenvalue weighted by Gasteiger charge is 2.40. The molecule has 1 aliphatic carbocycles. The van der Waals surface area contributed by atoms with Crippen LogP contribution in [0.15, 0.2) is 24.3 Å². The highest BCUT2D eigenvalue weighted by Crippen LogP contribution is 2.36. The predicted octanol–water partition coefficient (Wildman–Crippen LogP) is 1.91. The summed E-state index contributed by atoms with van der Waals surface area (Å²) in [6.45, 7) is 1.77. The van der Waals surface area contributed by atoms with Crippen LogP contribution in [0.2, 0.25) is 0 Å². The van der Waals surface area contributed by atoms with Crippen molar-refractivity contribution in [2.75, 3.05) is 13.2 Å². The van der Waals surface area contributed by atoms with Gasteiger partial charge in [0.15, 0.2) is 0 Å². The zero-order valence-electron chi connectivity index (χ0n) is 9.61. The van der Waals surface area contributed by atoms with Gasteiger partial charge in [-0.05, 0) is 36.8 Å². The maximum absolute atomic E-state index is 6.60. The Morgan fingerprint density at radius 2 is 1.88 bits per heavy atom. The van der Waals surface area contributed by atoms with Crippen molar-refractivity contribution < 1.29 is 4.74 Å². The van der Waals surface area contributed by atoms with E-state index >= 15 is 0 Å². The molecule has 0 spiro atoms. The molecule has 1 aromatic rings. The molecule has 1 aliphatic heterocycles. The molecule has 2 N–H and O–H groups in total. The third kappa shape index (κ3) is 1.66. The van der Waals surface area contributed by atoms with Gasteiger partial charge in [-0.3, -0.25) is 0 Å². The first-order chi connectivity index (χ1) is 7.78. The highest BCUT2D eigenvalue weighted by molar-refractivity contribution is 5.36. The molecule has 86 valence electrons. The lowest BCUT2D eigenvalue weighted by molar-refractivity contribution is 0.0233. The first-order valence-corrected chi connectivity index (χ1v) is 6.21. The molecule has 1 unspecified atom stereocenters. The van der Waals surface area contributed by atoms with Crippen LogP contribution in [0, 0.1) is 5.92 Å². The summed E-state index contributed by atoms with van der Waals surface area (Å²) in [6.07, 6.45) is 4.44. The predicted molar refractivity (Wildman–Crippen MR) is 64.3 cm³/mol. The number of rotatable bonds is 1. The zero-order valence-corrected chi connectivity index (χ0v) is 9.61. The Hall–Kier alpha value is -0.860. The van der Waals surface area contributed by atoms with E-state index in [1.54, 1.807) is 0 Å². The minimum absolute atomic E-state index is 0.0515. The first kappa shape index (κ1) is 10.3. The molecule has 1 fully saturated rings. The monoisotopic (exact) mass is 217 g/mol. The summed E-state index contributed by atoms with van der Waals surface area (Å²) < 4.78 is 5.58. The second-order valence-electron chi connectivity index (χ2n) is 5.27. The van der Waals surface area contributed by atoms with Crippen LogP contribution < -0.4 is 5.73 Å². The Bertz CT molecular complexity index is 357. The molecule has 1 saturated heterocycles. The highest BCUT2D eigenvalue weighted by atomic mass is 16.5. The third-order valence-corrected chi connectivity index (χ3v) is 4.13. The Morgan fingerprint density at radius 1 is 1.19 bits per heavy atom. The smallest absolute Gasteiger partial charge is 0.0512 e. The Balaban J connectivity index is 1.82. The molecule has 1 heterocycles. The van der Waals surface area contributed by atoms with Crippen molar-refractivity contribution in [3.8, 4) is 0 Å². The maximum Gasteiger partial charge on any atom is 0.0512 e. The summed E-state index contributed by atoms with van der Waals surface area (Å²) in [7, 11) is 0. The van der Waals surface area contributed by atoms with Gasteiger partial charge in [-0.15, -0.1) is 0 Å². The minimum Gasteiger partial charge on any atom is -0.381 e. The topological polar surface area (TPSA) is 35.2 Å². The molecule has 2 heteroatoms. The van der Waals surface area contributed by atoms with Gasteiger partial charge in [0.05, 0.1) is 6.61 Å². The van der Waals surface area contributed by atoms with Crippen molar-refractivity contribution in [1.82, 2.24) is 0 Å². The number of benzene rings is 1. The molecule has 0 bridgehead atoms. The van der Waals surface area contributed by atoms with Gasteiger partial charge in [-0.2, -0.15) is 0 Å². The van der Waals surface area contributed by atoms with Crippen LogP contribution in [0.25, 0.3) is 0 Å². The van der Waals surface area contributed by atoms with E-state index in [4.69, 9.17) is 10.5 Å². The van der Waals surface area contributed by atoms with E-state index in [1.807, 2.05) is 0 Å². The average molecular weight is 217 g/mol. The van der Waals surface area contributed by atoms with E-state index < -0.39 is 0 Å². The second-order valence-corrected chi connectivity index (χ2v) is 5.27. The Labute approximate surface area is 96.8 Å². The zero-order chi connectivity index (χ0) is 11.0. The molecule has 3 rings (SSSR count). The molecular weight excluding hydrogens is 198 g/mol. The standard InChI is InChI=1S/C14H19NO/c15-14(13-6-3-7-16-10-13)8-11-4-1-2-5-12(11)9-14/h1-2,4-5,13H,3,6-10,15H2. The normalized spacial score (nSPS) is 27.7. The molecule has 0 amide bonds. The van der Waals surface area contributed by atoms with Crippen LogP contribution in [-0.4, -0.2) is 18.8 Å². The number of nitrogens with two attached hydrogens (primary N) is 1. The largest absolute Gasteiger partial charge is 0.381 e. The van der Waals surface area contributed by atoms with E-state index in [0.717, 1.165) is 26.1 Å². The van der Waals surface area contributed by atoms with Gasteiger partial charge in [0.1, 0.15) is 0 Å². The van der Waals surface area contributed by atoms with Crippen LogP contribution >= 0.6 is 0 Å². The van der Waals surface area contributed by atoms with Gasteiger partial charge in [0.25, 0.3) is 0 Å². The molecule has 2 nitrogen and oxygen atoms in total. The summed E-state index contributed by atoms with van der Waals surface area (Å²) in [5.41, 5.74) is 9.43. The van der Waals surface area contributed by atoms with Crippen molar-refractivity contribution in [2.45, 2.75) is 31.2 Å². The van der Waals surface area contributed by atoms with Crippen molar-refractivity contribution in [3.63, 3.8) is 0 Å². The molecule has 16 heavy (non-hydrogen) atoms. The SMILES string of the molecule is NC1(C2CCCOC2)Cc2ccccc2C1. The number of hydrogen-bond donors (Lipinski definition) is 1. The van der Waals surface area contributed by atoms with Crippen molar-refractivity contribution in [2.24, 2.45) is 11.7 Å². The van der Waals surface area contributed by atoms with Gasteiger partial charge in [-0.25, -0.2) is 0 Å². The molecule has 1 aromatic carbocycles. The Kier molecular flexibility index (Phi) is 2.49. The molecular formula is C14H19NO. The number of hydrogen-bond acceptors (Lipinski definition) is 2. The summed E-state index contributed by atoms with van der Waals surface area (Å²) in [6, 6.07) is 8.66. The van der Waals surface area contributed by atoms with Gasteiger partial charge < -0.3 is 10.5 Å². The molecule has 2 aliphatic rings. The quantitative estimate of drug-likeness (QED) is 0.780. The average Bonchev–Trinajstić information content (AvgIpc) is 2.68. The van der Waals surface area contributed by atoms with Gasteiger partial charge in [0, 0.05) is 18.1 Å². The van der Waals surface area contributed by atoms with Gasteiger partial charge in [0.2, 0.25) is 0 Å². The van der Waals surface area contributed by atoms with Gasteiger partial charge in [-0.1, -0.05) is 24.3 Å².